The number of nitrogens with one attached hydrogen (secondary N) is 1. The summed E-state index contributed by atoms with van der Waals surface area (Å²) >= 11 is 1.18. The maximum Gasteiger partial charge on any atom is 0.396 e. The van der Waals surface area contributed by atoms with Crippen molar-refractivity contribution in [2.24, 2.45) is 0 Å². The predicted molar refractivity (Wildman–Crippen MR) is 86.4 cm³/mol. The first-order chi connectivity index (χ1) is 11.1. The van der Waals surface area contributed by atoms with Gasteiger partial charge >= 0.3 is 17.8 Å². The Morgan fingerprint density at radius 1 is 1.17 bits per heavy atom. The molecule has 0 unspecified atom stereocenters. The number of anilines is 1. The van der Waals surface area contributed by atoms with Gasteiger partial charge in [-0.15, -0.1) is 11.3 Å². The largest absolute Gasteiger partial charge is 0.462 e. The second-order valence-electron chi connectivity index (χ2n) is 4.39. The van der Waals surface area contributed by atoms with Crippen molar-refractivity contribution in [2.75, 3.05) is 19.0 Å². The monoisotopic (exact) mass is 333 g/mol. The summed E-state index contributed by atoms with van der Waals surface area (Å²) in [5.74, 6) is -2.54. The average Bonchev–Trinajstić information content (AvgIpc) is 2.99. The van der Waals surface area contributed by atoms with Gasteiger partial charge in [0.1, 0.15) is 5.00 Å². The minimum atomic E-state index is -1.03. The molecule has 1 N–H and O–H groups in total. The quantitative estimate of drug-likeness (QED) is 0.687. The van der Waals surface area contributed by atoms with Crippen LogP contribution in [0.5, 0.6) is 0 Å². The molecule has 120 valence electrons. The maximum atomic E-state index is 12.0. The van der Waals surface area contributed by atoms with Gasteiger partial charge in [0.05, 0.1) is 19.3 Å². The molecule has 7 heteroatoms. The number of esters is 2. The zero-order chi connectivity index (χ0) is 16.8. The van der Waals surface area contributed by atoms with Gasteiger partial charge in [-0.1, -0.05) is 30.3 Å². The summed E-state index contributed by atoms with van der Waals surface area (Å²) in [5.41, 5.74) is 1.09. The van der Waals surface area contributed by atoms with Crippen LogP contribution in [0.3, 0.4) is 0 Å². The van der Waals surface area contributed by atoms with Gasteiger partial charge in [-0.25, -0.2) is 9.59 Å². The first-order valence-electron chi connectivity index (χ1n) is 6.82. The minimum absolute atomic E-state index is 0.202. The van der Waals surface area contributed by atoms with E-state index in [-0.39, 0.29) is 17.2 Å². The molecule has 0 saturated heterocycles. The Balaban J connectivity index is 2.38. The first kappa shape index (κ1) is 16.7. The zero-order valence-corrected chi connectivity index (χ0v) is 13.4. The van der Waals surface area contributed by atoms with Crippen LogP contribution in [0.4, 0.5) is 5.00 Å². The van der Waals surface area contributed by atoms with E-state index in [1.54, 1.807) is 13.0 Å². The molecule has 0 fully saturated rings. The van der Waals surface area contributed by atoms with Crippen molar-refractivity contribution >= 4 is 34.2 Å². The van der Waals surface area contributed by atoms with Crippen LogP contribution in [0.2, 0.25) is 0 Å². The number of carbonyl (C=O) groups excluding carboxylic acids is 3. The highest BCUT2D eigenvalue weighted by atomic mass is 32.1. The number of thiophene rings is 1. The van der Waals surface area contributed by atoms with E-state index in [1.165, 1.54) is 11.3 Å². The van der Waals surface area contributed by atoms with E-state index < -0.39 is 17.8 Å². The predicted octanol–water partition coefficient (Wildman–Crippen LogP) is 2.70. The van der Waals surface area contributed by atoms with Crippen molar-refractivity contribution in [1.82, 2.24) is 0 Å². The van der Waals surface area contributed by atoms with Gasteiger partial charge in [-0.05, 0) is 18.6 Å². The smallest absolute Gasteiger partial charge is 0.396 e. The van der Waals surface area contributed by atoms with E-state index in [9.17, 15) is 14.4 Å². The maximum absolute atomic E-state index is 12.0. The van der Waals surface area contributed by atoms with E-state index in [0.29, 0.717) is 0 Å². The van der Waals surface area contributed by atoms with Gasteiger partial charge in [0, 0.05) is 4.88 Å². The van der Waals surface area contributed by atoms with Crippen molar-refractivity contribution in [2.45, 2.75) is 6.92 Å². The molecule has 0 spiro atoms. The van der Waals surface area contributed by atoms with E-state index in [0.717, 1.165) is 17.6 Å². The molecule has 0 saturated carbocycles. The lowest BCUT2D eigenvalue weighted by Gasteiger charge is -2.04. The minimum Gasteiger partial charge on any atom is -0.462 e. The lowest BCUT2D eigenvalue weighted by molar-refractivity contribution is -0.150. The summed E-state index contributed by atoms with van der Waals surface area (Å²) in [5, 5.41) is 2.64. The molecule has 2 aromatic rings. The molecular formula is C16H15NO5S. The fourth-order valence-electron chi connectivity index (χ4n) is 1.84. The molecule has 1 heterocycles. The van der Waals surface area contributed by atoms with Crippen LogP contribution < -0.4 is 5.32 Å². The van der Waals surface area contributed by atoms with Crippen LogP contribution in [-0.4, -0.2) is 31.6 Å². The highest BCUT2D eigenvalue weighted by molar-refractivity contribution is 7.20. The second-order valence-corrected chi connectivity index (χ2v) is 5.44. The summed E-state index contributed by atoms with van der Waals surface area (Å²) in [4.78, 5) is 35.8. The fraction of sp³-hybridized carbons (Fsp3) is 0.188. The molecular weight excluding hydrogens is 318 g/mol. The van der Waals surface area contributed by atoms with Crippen LogP contribution in [0.1, 0.15) is 17.3 Å². The third-order valence-corrected chi connectivity index (χ3v) is 3.98. The SMILES string of the molecule is CCOC(=O)c1cc(-c2ccccc2)sc1NC(=O)C(=O)OC. The summed E-state index contributed by atoms with van der Waals surface area (Å²) < 4.78 is 9.35. The molecule has 1 aromatic carbocycles. The number of hydrogen-bond acceptors (Lipinski definition) is 6. The molecule has 0 aliphatic carbocycles. The summed E-state index contributed by atoms with van der Waals surface area (Å²) in [6.07, 6.45) is 0. The van der Waals surface area contributed by atoms with Crippen LogP contribution in [0, 0.1) is 0 Å². The van der Waals surface area contributed by atoms with Crippen LogP contribution in [-0.2, 0) is 19.1 Å². The number of amides is 1. The molecule has 1 aromatic heterocycles. The summed E-state index contributed by atoms with van der Waals surface area (Å²) in [6.45, 7) is 1.90. The molecule has 0 aliphatic rings. The number of ether oxygens (including phenoxy) is 2. The van der Waals surface area contributed by atoms with Crippen molar-refractivity contribution in [3.63, 3.8) is 0 Å². The Morgan fingerprint density at radius 2 is 1.87 bits per heavy atom. The Morgan fingerprint density at radius 3 is 2.48 bits per heavy atom. The Labute approximate surface area is 137 Å². The number of methoxy groups -OCH3 is 1. The standard InChI is InChI=1S/C16H15NO5S/c1-3-22-15(19)11-9-12(10-7-5-4-6-8-10)23-14(11)17-13(18)16(20)21-2/h4-9H,3H2,1-2H3,(H,17,18). The molecule has 6 nitrogen and oxygen atoms in total. The van der Waals surface area contributed by atoms with Crippen LogP contribution in [0.25, 0.3) is 10.4 Å². The van der Waals surface area contributed by atoms with Gasteiger partial charge in [0.15, 0.2) is 0 Å². The van der Waals surface area contributed by atoms with Gasteiger partial charge in [-0.2, -0.15) is 0 Å². The van der Waals surface area contributed by atoms with Crippen molar-refractivity contribution < 1.29 is 23.9 Å². The number of rotatable bonds is 4. The second kappa shape index (κ2) is 7.55. The molecule has 1 amide bonds. The normalized spacial score (nSPS) is 10.0. The average molecular weight is 333 g/mol. The Hall–Kier alpha value is -2.67. The zero-order valence-electron chi connectivity index (χ0n) is 12.6. The summed E-state index contributed by atoms with van der Waals surface area (Å²) in [6, 6.07) is 11.0. The number of carbonyl (C=O) groups is 3. The van der Waals surface area contributed by atoms with E-state index in [4.69, 9.17) is 4.74 Å². The van der Waals surface area contributed by atoms with Gasteiger partial charge in [-0.3, -0.25) is 4.79 Å². The Kier molecular flexibility index (Phi) is 5.48. The Bertz CT molecular complexity index is 723. The van der Waals surface area contributed by atoms with Gasteiger partial charge < -0.3 is 14.8 Å². The number of hydrogen-bond donors (Lipinski definition) is 1. The molecule has 0 atom stereocenters. The molecule has 2 rings (SSSR count). The highest BCUT2D eigenvalue weighted by Crippen LogP contribution is 2.35. The van der Waals surface area contributed by atoms with Crippen molar-refractivity contribution in [3.8, 4) is 10.4 Å². The third kappa shape index (κ3) is 3.95. The van der Waals surface area contributed by atoms with Crippen LogP contribution >= 0.6 is 11.3 Å². The van der Waals surface area contributed by atoms with Gasteiger partial charge in [0.25, 0.3) is 0 Å². The van der Waals surface area contributed by atoms with Crippen molar-refractivity contribution in [1.29, 1.82) is 0 Å². The highest BCUT2D eigenvalue weighted by Gasteiger charge is 2.22. The van der Waals surface area contributed by atoms with Gasteiger partial charge in [0.2, 0.25) is 0 Å². The third-order valence-electron chi connectivity index (χ3n) is 2.88. The fourth-order valence-corrected chi connectivity index (χ4v) is 2.88. The molecule has 0 bridgehead atoms. The van der Waals surface area contributed by atoms with Crippen LogP contribution in [0.15, 0.2) is 36.4 Å². The first-order valence-corrected chi connectivity index (χ1v) is 7.64. The van der Waals surface area contributed by atoms with Crippen molar-refractivity contribution in [3.05, 3.63) is 42.0 Å². The lowest BCUT2D eigenvalue weighted by atomic mass is 10.1. The van der Waals surface area contributed by atoms with E-state index >= 15 is 0 Å². The van der Waals surface area contributed by atoms with E-state index in [1.807, 2.05) is 30.3 Å². The van der Waals surface area contributed by atoms with E-state index in [2.05, 4.69) is 10.1 Å². The molecule has 23 heavy (non-hydrogen) atoms. The topological polar surface area (TPSA) is 81.7 Å². The lowest BCUT2D eigenvalue weighted by Crippen LogP contribution is -2.24. The molecule has 0 aliphatic heterocycles. The molecule has 0 radical (unpaired) electrons. The summed E-state index contributed by atoms with van der Waals surface area (Å²) in [7, 11) is 1.11. The number of benzene rings is 1.